The summed E-state index contributed by atoms with van der Waals surface area (Å²) in [5.74, 6) is 0.204. The van der Waals surface area contributed by atoms with E-state index in [1.54, 1.807) is 0 Å². The third kappa shape index (κ3) is 4.42. The number of ketones is 1. The molecule has 2 nitrogen and oxygen atoms in total. The molecule has 0 bridgehead atoms. The molecule has 0 saturated carbocycles. The van der Waals surface area contributed by atoms with Crippen LogP contribution in [0.1, 0.15) is 42.1 Å². The van der Waals surface area contributed by atoms with Crippen LogP contribution in [0, 0.1) is 5.82 Å². The summed E-state index contributed by atoms with van der Waals surface area (Å²) in [7, 11) is 0. The summed E-state index contributed by atoms with van der Waals surface area (Å²) in [4.78, 5) is 11.9. The molecular weight excluding hydrogens is 265 g/mol. The molecule has 0 heterocycles. The lowest BCUT2D eigenvalue weighted by molar-refractivity contribution is 0.0986. The van der Waals surface area contributed by atoms with E-state index >= 15 is 0 Å². The van der Waals surface area contributed by atoms with E-state index in [0.717, 1.165) is 5.69 Å². The highest BCUT2D eigenvalue weighted by molar-refractivity contribution is 5.96. The van der Waals surface area contributed by atoms with Crippen LogP contribution in [0.5, 0.6) is 0 Å². The zero-order chi connectivity index (χ0) is 15.2. The van der Waals surface area contributed by atoms with Gasteiger partial charge in [0, 0.05) is 24.2 Å². The molecular formula is C18H20FNO. The number of nitrogens with one attached hydrogen (secondary N) is 1. The number of anilines is 1. The van der Waals surface area contributed by atoms with E-state index in [4.69, 9.17) is 0 Å². The fourth-order valence-corrected chi connectivity index (χ4v) is 2.09. The molecule has 0 radical (unpaired) electrons. The van der Waals surface area contributed by atoms with Crippen LogP contribution in [0.2, 0.25) is 0 Å². The van der Waals surface area contributed by atoms with Crippen molar-refractivity contribution in [3.63, 3.8) is 0 Å². The summed E-state index contributed by atoms with van der Waals surface area (Å²) < 4.78 is 12.8. The van der Waals surface area contributed by atoms with Crippen molar-refractivity contribution in [1.82, 2.24) is 0 Å². The third-order valence-electron chi connectivity index (χ3n) is 3.42. The number of benzene rings is 2. The van der Waals surface area contributed by atoms with Crippen molar-refractivity contribution in [2.24, 2.45) is 0 Å². The largest absolute Gasteiger partial charge is 0.385 e. The Balaban J connectivity index is 1.83. The summed E-state index contributed by atoms with van der Waals surface area (Å²) in [6.07, 6.45) is 0.386. The molecule has 0 atom stereocenters. The Hall–Kier alpha value is -2.16. The first-order valence-corrected chi connectivity index (χ1v) is 7.19. The Labute approximate surface area is 125 Å². The minimum Gasteiger partial charge on any atom is -0.385 e. The Bertz CT molecular complexity index is 588. The predicted octanol–water partition coefficient (Wildman–Crippen LogP) is 4.63. The molecule has 21 heavy (non-hydrogen) atoms. The van der Waals surface area contributed by atoms with Crippen LogP contribution in [0.4, 0.5) is 10.1 Å². The van der Waals surface area contributed by atoms with Crippen LogP contribution in [0.3, 0.4) is 0 Å². The van der Waals surface area contributed by atoms with Gasteiger partial charge in [-0.1, -0.05) is 26.0 Å². The van der Waals surface area contributed by atoms with E-state index < -0.39 is 0 Å². The molecule has 110 valence electrons. The van der Waals surface area contributed by atoms with Gasteiger partial charge in [0.2, 0.25) is 0 Å². The number of hydrogen-bond acceptors (Lipinski definition) is 2. The van der Waals surface area contributed by atoms with Gasteiger partial charge in [-0.2, -0.15) is 0 Å². The van der Waals surface area contributed by atoms with Crippen LogP contribution in [0.15, 0.2) is 48.5 Å². The van der Waals surface area contributed by atoms with Crippen molar-refractivity contribution in [1.29, 1.82) is 0 Å². The lowest BCUT2D eigenvalue weighted by Crippen LogP contribution is -2.09. The molecule has 2 aromatic rings. The standard InChI is InChI=1S/C18H20FNO/c1-13(2)14-5-9-17(10-6-14)20-12-11-18(21)15-3-7-16(19)8-4-15/h3-10,13,20H,11-12H2,1-2H3. The highest BCUT2D eigenvalue weighted by Crippen LogP contribution is 2.17. The number of rotatable bonds is 6. The Kier molecular flexibility index (Phi) is 5.09. The van der Waals surface area contributed by atoms with Crippen LogP contribution in [-0.4, -0.2) is 12.3 Å². The summed E-state index contributed by atoms with van der Waals surface area (Å²) in [5.41, 5.74) is 2.85. The first-order chi connectivity index (χ1) is 10.1. The average molecular weight is 285 g/mol. The molecule has 0 aliphatic carbocycles. The highest BCUT2D eigenvalue weighted by Gasteiger charge is 2.05. The van der Waals surface area contributed by atoms with E-state index in [9.17, 15) is 9.18 Å². The molecule has 0 aromatic heterocycles. The Morgan fingerprint density at radius 2 is 1.67 bits per heavy atom. The van der Waals surface area contributed by atoms with Gasteiger partial charge < -0.3 is 5.32 Å². The van der Waals surface area contributed by atoms with Gasteiger partial charge in [-0.25, -0.2) is 4.39 Å². The van der Waals surface area contributed by atoms with E-state index in [1.165, 1.54) is 29.8 Å². The minimum absolute atomic E-state index is 0.0151. The maximum atomic E-state index is 12.8. The second kappa shape index (κ2) is 7.02. The van der Waals surface area contributed by atoms with Gasteiger partial charge in [-0.05, 0) is 47.9 Å². The Morgan fingerprint density at radius 1 is 1.05 bits per heavy atom. The van der Waals surface area contributed by atoms with E-state index in [0.29, 0.717) is 24.4 Å². The van der Waals surface area contributed by atoms with Crippen molar-refractivity contribution >= 4 is 11.5 Å². The fraction of sp³-hybridized carbons (Fsp3) is 0.278. The van der Waals surface area contributed by atoms with Crippen molar-refractivity contribution in [3.8, 4) is 0 Å². The van der Waals surface area contributed by atoms with Crippen molar-refractivity contribution in [3.05, 3.63) is 65.5 Å². The molecule has 3 heteroatoms. The monoisotopic (exact) mass is 285 g/mol. The minimum atomic E-state index is -0.324. The van der Waals surface area contributed by atoms with Gasteiger partial charge in [0.25, 0.3) is 0 Å². The number of carbonyl (C=O) groups is 1. The third-order valence-corrected chi connectivity index (χ3v) is 3.42. The molecule has 2 aromatic carbocycles. The summed E-state index contributed by atoms with van der Waals surface area (Å²) >= 11 is 0. The van der Waals surface area contributed by atoms with Gasteiger partial charge in [0.15, 0.2) is 5.78 Å². The second-order valence-corrected chi connectivity index (χ2v) is 5.38. The highest BCUT2D eigenvalue weighted by atomic mass is 19.1. The van der Waals surface area contributed by atoms with E-state index in [-0.39, 0.29) is 11.6 Å². The van der Waals surface area contributed by atoms with Gasteiger partial charge in [0.1, 0.15) is 5.82 Å². The molecule has 0 fully saturated rings. The van der Waals surface area contributed by atoms with E-state index in [1.807, 2.05) is 12.1 Å². The molecule has 2 rings (SSSR count). The van der Waals surface area contributed by atoms with Crippen molar-refractivity contribution in [2.75, 3.05) is 11.9 Å². The maximum absolute atomic E-state index is 12.8. The number of Topliss-reactive ketones (excluding diaryl/α,β-unsaturated/α-hetero) is 1. The second-order valence-electron chi connectivity index (χ2n) is 5.38. The first kappa shape index (κ1) is 15.2. The maximum Gasteiger partial charge on any atom is 0.164 e. The van der Waals surface area contributed by atoms with Gasteiger partial charge in [-0.15, -0.1) is 0 Å². The van der Waals surface area contributed by atoms with Crippen molar-refractivity contribution < 1.29 is 9.18 Å². The lowest BCUT2D eigenvalue weighted by Gasteiger charge is -2.09. The lowest BCUT2D eigenvalue weighted by atomic mass is 10.0. The topological polar surface area (TPSA) is 29.1 Å². The fourth-order valence-electron chi connectivity index (χ4n) is 2.09. The number of halogens is 1. The predicted molar refractivity (Wildman–Crippen MR) is 84.4 cm³/mol. The van der Waals surface area contributed by atoms with E-state index in [2.05, 4.69) is 31.3 Å². The van der Waals surface area contributed by atoms with Crippen LogP contribution in [-0.2, 0) is 0 Å². The van der Waals surface area contributed by atoms with Gasteiger partial charge >= 0.3 is 0 Å². The molecule has 1 N–H and O–H groups in total. The smallest absolute Gasteiger partial charge is 0.164 e. The summed E-state index contributed by atoms with van der Waals surface area (Å²) in [5, 5.41) is 3.23. The van der Waals surface area contributed by atoms with Gasteiger partial charge in [0.05, 0.1) is 0 Å². The molecule has 0 saturated heterocycles. The number of hydrogen-bond donors (Lipinski definition) is 1. The molecule has 0 aliphatic heterocycles. The zero-order valence-corrected chi connectivity index (χ0v) is 12.4. The summed E-state index contributed by atoms with van der Waals surface area (Å²) in [6, 6.07) is 13.9. The van der Waals surface area contributed by atoms with Crippen LogP contribution in [0.25, 0.3) is 0 Å². The van der Waals surface area contributed by atoms with Crippen molar-refractivity contribution in [2.45, 2.75) is 26.2 Å². The SMILES string of the molecule is CC(C)c1ccc(NCCC(=O)c2ccc(F)cc2)cc1. The quantitative estimate of drug-likeness (QED) is 0.784. The van der Waals surface area contributed by atoms with Crippen LogP contribution < -0.4 is 5.32 Å². The first-order valence-electron chi connectivity index (χ1n) is 7.19. The zero-order valence-electron chi connectivity index (χ0n) is 12.4. The molecule has 0 spiro atoms. The molecule has 0 aliphatic rings. The van der Waals surface area contributed by atoms with Gasteiger partial charge in [-0.3, -0.25) is 4.79 Å². The number of carbonyl (C=O) groups excluding carboxylic acids is 1. The average Bonchev–Trinajstić information content (AvgIpc) is 2.48. The normalized spacial score (nSPS) is 10.7. The van der Waals surface area contributed by atoms with Crippen LogP contribution >= 0.6 is 0 Å². The summed E-state index contributed by atoms with van der Waals surface area (Å²) in [6.45, 7) is 4.88. The molecule has 0 amide bonds. The molecule has 0 unspecified atom stereocenters. The Morgan fingerprint density at radius 3 is 2.24 bits per heavy atom.